The van der Waals surface area contributed by atoms with Gasteiger partial charge in [-0.3, -0.25) is 0 Å². The smallest absolute Gasteiger partial charge is 0.0232 e. The van der Waals surface area contributed by atoms with E-state index in [4.69, 9.17) is 0 Å². The van der Waals surface area contributed by atoms with Gasteiger partial charge < -0.3 is 0 Å². The SMILES string of the molecule is CC(C)c1ccc(Cc2cccc(CSc3[c]cccc3)c2)cc1. The highest BCUT2D eigenvalue weighted by atomic mass is 32.2. The second-order valence-electron chi connectivity index (χ2n) is 6.41. The molecule has 3 aromatic carbocycles. The Labute approximate surface area is 149 Å². The van der Waals surface area contributed by atoms with Crippen LogP contribution >= 0.6 is 11.8 Å². The lowest BCUT2D eigenvalue weighted by Gasteiger charge is -2.08. The Kier molecular flexibility index (Phi) is 5.77. The van der Waals surface area contributed by atoms with Crippen molar-refractivity contribution in [1.29, 1.82) is 0 Å². The Morgan fingerprint density at radius 3 is 2.33 bits per heavy atom. The fourth-order valence-electron chi connectivity index (χ4n) is 2.71. The van der Waals surface area contributed by atoms with Gasteiger partial charge >= 0.3 is 0 Å². The van der Waals surface area contributed by atoms with Crippen LogP contribution in [-0.4, -0.2) is 0 Å². The minimum absolute atomic E-state index is 0.592. The molecule has 121 valence electrons. The van der Waals surface area contributed by atoms with Crippen LogP contribution in [0.1, 0.15) is 42.0 Å². The summed E-state index contributed by atoms with van der Waals surface area (Å²) < 4.78 is 0. The molecule has 0 nitrogen and oxygen atoms in total. The van der Waals surface area contributed by atoms with Gasteiger partial charge in [0.05, 0.1) is 0 Å². The van der Waals surface area contributed by atoms with E-state index in [0.717, 1.165) is 12.2 Å². The maximum absolute atomic E-state index is 3.27. The second kappa shape index (κ2) is 8.21. The predicted octanol–water partition coefficient (Wildman–Crippen LogP) is 6.49. The Bertz CT molecular complexity index is 758. The number of thioether (sulfide) groups is 1. The maximum Gasteiger partial charge on any atom is 0.0232 e. The van der Waals surface area contributed by atoms with Crippen LogP contribution in [0, 0.1) is 6.07 Å². The summed E-state index contributed by atoms with van der Waals surface area (Å²) in [4.78, 5) is 1.20. The highest BCUT2D eigenvalue weighted by Gasteiger charge is 2.02. The Balaban J connectivity index is 1.64. The molecule has 0 bridgehead atoms. The van der Waals surface area contributed by atoms with Crippen molar-refractivity contribution in [3.63, 3.8) is 0 Å². The van der Waals surface area contributed by atoms with Crippen LogP contribution in [0.4, 0.5) is 0 Å². The van der Waals surface area contributed by atoms with Gasteiger partial charge in [-0.05, 0) is 46.7 Å². The molecule has 24 heavy (non-hydrogen) atoms. The first-order chi connectivity index (χ1) is 11.7. The van der Waals surface area contributed by atoms with Crippen LogP contribution in [0.5, 0.6) is 0 Å². The maximum atomic E-state index is 3.27. The summed E-state index contributed by atoms with van der Waals surface area (Å²) in [6.07, 6.45) is 0.994. The Morgan fingerprint density at radius 1 is 0.833 bits per heavy atom. The molecule has 0 aromatic heterocycles. The molecule has 0 heterocycles. The van der Waals surface area contributed by atoms with Gasteiger partial charge in [0.15, 0.2) is 0 Å². The molecule has 1 radical (unpaired) electrons. The zero-order valence-electron chi connectivity index (χ0n) is 14.3. The van der Waals surface area contributed by atoms with E-state index in [-0.39, 0.29) is 0 Å². The van der Waals surface area contributed by atoms with Gasteiger partial charge in [-0.25, -0.2) is 0 Å². The van der Waals surface area contributed by atoms with Crippen molar-refractivity contribution in [2.24, 2.45) is 0 Å². The third-order valence-electron chi connectivity index (χ3n) is 4.12. The average molecular weight is 332 g/mol. The lowest BCUT2D eigenvalue weighted by Crippen LogP contribution is -1.92. The fraction of sp³-hybridized carbons (Fsp3) is 0.217. The largest absolute Gasteiger partial charge is 0.121 e. The summed E-state index contributed by atoms with van der Waals surface area (Å²) in [5, 5.41) is 0. The number of rotatable bonds is 6. The van der Waals surface area contributed by atoms with Crippen LogP contribution in [0.15, 0.2) is 77.7 Å². The summed E-state index contributed by atoms with van der Waals surface area (Å²) >= 11 is 1.84. The molecule has 1 heteroatoms. The van der Waals surface area contributed by atoms with Crippen molar-refractivity contribution in [2.45, 2.75) is 36.8 Å². The topological polar surface area (TPSA) is 0 Å². The highest BCUT2D eigenvalue weighted by Crippen LogP contribution is 2.23. The van der Waals surface area contributed by atoms with Crippen molar-refractivity contribution < 1.29 is 0 Å². The molecular weight excluding hydrogens is 308 g/mol. The highest BCUT2D eigenvalue weighted by molar-refractivity contribution is 7.98. The minimum Gasteiger partial charge on any atom is -0.121 e. The van der Waals surface area contributed by atoms with Gasteiger partial charge in [0, 0.05) is 10.6 Å². The van der Waals surface area contributed by atoms with E-state index < -0.39 is 0 Å². The third kappa shape index (κ3) is 4.75. The second-order valence-corrected chi connectivity index (χ2v) is 7.43. The van der Waals surface area contributed by atoms with E-state index in [1.807, 2.05) is 23.9 Å². The lowest BCUT2D eigenvalue weighted by atomic mass is 9.98. The number of hydrogen-bond donors (Lipinski definition) is 0. The zero-order valence-corrected chi connectivity index (χ0v) is 15.1. The quantitative estimate of drug-likeness (QED) is 0.465. The van der Waals surface area contributed by atoms with Gasteiger partial charge in [-0.15, -0.1) is 11.8 Å². The van der Waals surface area contributed by atoms with E-state index in [2.05, 4.69) is 80.6 Å². The first-order valence-corrected chi connectivity index (χ1v) is 9.45. The van der Waals surface area contributed by atoms with Gasteiger partial charge in [-0.2, -0.15) is 0 Å². The molecule has 0 spiro atoms. The normalized spacial score (nSPS) is 11.0. The summed E-state index contributed by atoms with van der Waals surface area (Å²) in [5.74, 6) is 1.58. The van der Waals surface area contributed by atoms with Gasteiger partial charge in [-0.1, -0.05) is 80.6 Å². The molecule has 3 rings (SSSR count). The molecule has 0 saturated carbocycles. The standard InChI is InChI=1S/C23H23S/c1-18(2)22-13-11-19(12-14-22)15-20-7-6-8-21(16-20)17-24-23-9-4-3-5-10-23/h3-9,11-14,16,18H,15,17H2,1-2H3. The summed E-state index contributed by atoms with van der Waals surface area (Å²) in [7, 11) is 0. The first kappa shape index (κ1) is 16.9. The van der Waals surface area contributed by atoms with E-state index in [0.29, 0.717) is 5.92 Å². The molecule has 0 N–H and O–H groups in total. The molecule has 0 aliphatic rings. The summed E-state index contributed by atoms with van der Waals surface area (Å²) in [6.45, 7) is 4.47. The van der Waals surface area contributed by atoms with Gasteiger partial charge in [0.25, 0.3) is 0 Å². The monoisotopic (exact) mass is 331 g/mol. The predicted molar refractivity (Wildman–Crippen MR) is 105 cm³/mol. The molecule has 0 aliphatic heterocycles. The molecular formula is C23H23S. The summed E-state index contributed by atoms with van der Waals surface area (Å²) in [6, 6.07) is 29.4. The molecule has 3 aromatic rings. The van der Waals surface area contributed by atoms with Crippen LogP contribution in [0.25, 0.3) is 0 Å². The van der Waals surface area contributed by atoms with Crippen molar-refractivity contribution in [1.82, 2.24) is 0 Å². The van der Waals surface area contributed by atoms with Crippen molar-refractivity contribution in [3.8, 4) is 0 Å². The third-order valence-corrected chi connectivity index (χ3v) is 5.16. The first-order valence-electron chi connectivity index (χ1n) is 8.47. The Hall–Kier alpha value is -1.99. The molecule has 0 aliphatic carbocycles. The molecule has 0 fully saturated rings. The summed E-state index contributed by atoms with van der Waals surface area (Å²) in [5.41, 5.74) is 5.53. The molecule has 0 saturated heterocycles. The average Bonchev–Trinajstić information content (AvgIpc) is 2.62. The van der Waals surface area contributed by atoms with Gasteiger partial charge in [0.2, 0.25) is 0 Å². The Morgan fingerprint density at radius 2 is 1.62 bits per heavy atom. The van der Waals surface area contributed by atoms with Crippen molar-refractivity contribution >= 4 is 11.8 Å². The fourth-order valence-corrected chi connectivity index (χ4v) is 3.54. The van der Waals surface area contributed by atoms with E-state index >= 15 is 0 Å². The van der Waals surface area contributed by atoms with E-state index in [1.54, 1.807) is 0 Å². The number of benzene rings is 3. The van der Waals surface area contributed by atoms with Gasteiger partial charge in [0.1, 0.15) is 0 Å². The van der Waals surface area contributed by atoms with Crippen LogP contribution in [0.3, 0.4) is 0 Å². The van der Waals surface area contributed by atoms with Crippen LogP contribution in [-0.2, 0) is 12.2 Å². The van der Waals surface area contributed by atoms with E-state index in [1.165, 1.54) is 27.1 Å². The van der Waals surface area contributed by atoms with Crippen molar-refractivity contribution in [2.75, 3.05) is 0 Å². The molecule has 0 unspecified atom stereocenters. The zero-order chi connectivity index (χ0) is 16.8. The van der Waals surface area contributed by atoms with E-state index in [9.17, 15) is 0 Å². The van der Waals surface area contributed by atoms with Crippen LogP contribution < -0.4 is 0 Å². The lowest BCUT2D eigenvalue weighted by molar-refractivity contribution is 0.865. The molecule has 0 atom stereocenters. The minimum atomic E-state index is 0.592. The van der Waals surface area contributed by atoms with Crippen LogP contribution in [0.2, 0.25) is 0 Å². The number of hydrogen-bond acceptors (Lipinski definition) is 1. The molecule has 0 amide bonds. The van der Waals surface area contributed by atoms with Crippen molar-refractivity contribution in [3.05, 3.63) is 101 Å².